The summed E-state index contributed by atoms with van der Waals surface area (Å²) in [5.41, 5.74) is 5.73. The fraction of sp³-hybridized carbons (Fsp3) is 0.200. The van der Waals surface area contributed by atoms with Crippen LogP contribution in [-0.2, 0) is 0 Å². The van der Waals surface area contributed by atoms with E-state index in [9.17, 15) is 19.2 Å². The van der Waals surface area contributed by atoms with Crippen molar-refractivity contribution >= 4 is 45.9 Å². The van der Waals surface area contributed by atoms with Crippen molar-refractivity contribution in [2.24, 2.45) is 0 Å². The van der Waals surface area contributed by atoms with Crippen LogP contribution >= 0.6 is 11.6 Å². The highest BCUT2D eigenvalue weighted by Gasteiger charge is 2.22. The fourth-order valence-corrected chi connectivity index (χ4v) is 4.05. The molecule has 2 heterocycles. The van der Waals surface area contributed by atoms with Crippen LogP contribution in [0.25, 0.3) is 16.6 Å². The molecule has 0 fully saturated rings. The molecule has 1 unspecified atom stereocenters. The summed E-state index contributed by atoms with van der Waals surface area (Å²) in [7, 11) is 0. The zero-order chi connectivity index (χ0) is 27.6. The van der Waals surface area contributed by atoms with E-state index in [-0.39, 0.29) is 50.8 Å². The molecule has 2 aromatic heterocycles. The van der Waals surface area contributed by atoms with Crippen molar-refractivity contribution in [3.8, 4) is 11.8 Å². The number of halogens is 2. The first kappa shape index (κ1) is 26.3. The van der Waals surface area contributed by atoms with Crippen molar-refractivity contribution in [2.45, 2.75) is 32.9 Å². The Morgan fingerprint density at radius 1 is 1.21 bits per heavy atom. The molecule has 0 saturated heterocycles. The normalized spacial score (nSPS) is 11.7. The van der Waals surface area contributed by atoms with Gasteiger partial charge in [-0.2, -0.15) is 5.26 Å². The first-order valence-corrected chi connectivity index (χ1v) is 11.8. The molecule has 0 saturated carbocycles. The van der Waals surface area contributed by atoms with E-state index in [4.69, 9.17) is 17.3 Å². The highest BCUT2D eigenvalue weighted by Crippen LogP contribution is 2.27. The van der Waals surface area contributed by atoms with Gasteiger partial charge in [0.15, 0.2) is 0 Å². The molecule has 0 aliphatic heterocycles. The van der Waals surface area contributed by atoms with E-state index in [2.05, 4.69) is 30.9 Å². The number of urea groups is 1. The summed E-state index contributed by atoms with van der Waals surface area (Å²) in [5, 5.41) is 18.0. The number of nitrogens with one attached hydrogen (secondary N) is 3. The van der Waals surface area contributed by atoms with Crippen LogP contribution in [0.15, 0.2) is 47.5 Å². The molecule has 13 heteroatoms. The van der Waals surface area contributed by atoms with Gasteiger partial charge in [-0.1, -0.05) is 17.7 Å². The van der Waals surface area contributed by atoms with Crippen molar-refractivity contribution in [3.63, 3.8) is 0 Å². The van der Waals surface area contributed by atoms with Gasteiger partial charge in [0.25, 0.3) is 5.56 Å². The molecule has 194 valence electrons. The van der Waals surface area contributed by atoms with Crippen molar-refractivity contribution in [3.05, 3.63) is 75.3 Å². The molecule has 4 rings (SSSR count). The topological polar surface area (TPSA) is 164 Å². The van der Waals surface area contributed by atoms with Crippen LogP contribution in [0, 0.1) is 17.1 Å². The van der Waals surface area contributed by atoms with Gasteiger partial charge < -0.3 is 21.7 Å². The number of nitrogen functional groups attached to an aromatic ring is 1. The number of anilines is 3. The number of aromatic nitrogens is 4. The molecule has 2 amide bonds. The quantitative estimate of drug-likeness (QED) is 0.286. The Bertz CT molecular complexity index is 1650. The van der Waals surface area contributed by atoms with Crippen LogP contribution in [0.1, 0.15) is 38.2 Å². The Balaban J connectivity index is 1.89. The van der Waals surface area contributed by atoms with Gasteiger partial charge in [-0.3, -0.25) is 9.36 Å². The number of fused-ring (bicyclic) bond motifs is 1. The van der Waals surface area contributed by atoms with Gasteiger partial charge in [-0.15, -0.1) is 0 Å². The first-order chi connectivity index (χ1) is 18.1. The third-order valence-corrected chi connectivity index (χ3v) is 5.79. The third kappa shape index (κ3) is 5.18. The molecule has 0 bridgehead atoms. The van der Waals surface area contributed by atoms with Gasteiger partial charge >= 0.3 is 6.03 Å². The lowest BCUT2D eigenvalue weighted by atomic mass is 10.2. The summed E-state index contributed by atoms with van der Waals surface area (Å²) < 4.78 is 15.9. The van der Waals surface area contributed by atoms with Crippen molar-refractivity contribution in [1.82, 2.24) is 24.8 Å². The van der Waals surface area contributed by atoms with E-state index in [0.29, 0.717) is 5.52 Å². The van der Waals surface area contributed by atoms with Gasteiger partial charge in [-0.05, 0) is 51.1 Å². The fourth-order valence-electron chi connectivity index (χ4n) is 3.80. The summed E-state index contributed by atoms with van der Waals surface area (Å²) in [6.45, 7) is 5.23. The number of hydrogen-bond acceptors (Lipinski definition) is 8. The number of nitrogens with zero attached hydrogens (tertiary/aromatic N) is 5. The zero-order valence-corrected chi connectivity index (χ0v) is 21.3. The van der Waals surface area contributed by atoms with Crippen LogP contribution in [0.2, 0.25) is 5.02 Å². The lowest BCUT2D eigenvalue weighted by Gasteiger charge is -2.21. The third-order valence-electron chi connectivity index (χ3n) is 5.48. The standard InChI is InChI=1S/C25H23ClFN9O2/c1-12(2)32-25(38)35-19-9-14(7-8-17(19)27)36-23(34-18-6-4-5-16(26)20(18)24(36)37)13(3)33-22-15(10-28)21(29)30-11-31-22/h4-9,11-13H,1-3H3,(H2,32,35,38)(H3,29,30,31,33). The van der Waals surface area contributed by atoms with Gasteiger partial charge in [-0.25, -0.2) is 24.1 Å². The molecule has 38 heavy (non-hydrogen) atoms. The molecule has 0 radical (unpaired) electrons. The van der Waals surface area contributed by atoms with E-state index in [0.717, 1.165) is 6.07 Å². The van der Waals surface area contributed by atoms with Gasteiger partial charge in [0.1, 0.15) is 41.2 Å². The number of rotatable bonds is 6. The van der Waals surface area contributed by atoms with E-state index in [1.807, 2.05) is 6.07 Å². The Morgan fingerprint density at radius 2 is 1.97 bits per heavy atom. The van der Waals surface area contributed by atoms with E-state index >= 15 is 0 Å². The Labute approximate surface area is 221 Å². The summed E-state index contributed by atoms with van der Waals surface area (Å²) in [6.07, 6.45) is 1.20. The van der Waals surface area contributed by atoms with Gasteiger partial charge in [0, 0.05) is 6.04 Å². The molecular formula is C25H23ClFN9O2. The maximum absolute atomic E-state index is 14.6. The van der Waals surface area contributed by atoms with Crippen LogP contribution in [0.3, 0.4) is 0 Å². The molecule has 1 atom stereocenters. The minimum Gasteiger partial charge on any atom is -0.382 e. The molecular weight excluding hydrogens is 513 g/mol. The second-order valence-corrected chi connectivity index (χ2v) is 9.03. The van der Waals surface area contributed by atoms with Crippen LogP contribution in [0.4, 0.5) is 26.5 Å². The molecule has 11 nitrogen and oxygen atoms in total. The zero-order valence-electron chi connectivity index (χ0n) is 20.6. The second kappa shape index (κ2) is 10.7. The molecule has 2 aromatic carbocycles. The predicted octanol–water partition coefficient (Wildman–Crippen LogP) is 4.13. The minimum absolute atomic E-state index is 0.0123. The van der Waals surface area contributed by atoms with Gasteiger partial charge in [0.05, 0.1) is 33.3 Å². The van der Waals surface area contributed by atoms with Crippen LogP contribution < -0.4 is 27.2 Å². The lowest BCUT2D eigenvalue weighted by molar-refractivity contribution is 0.250. The van der Waals surface area contributed by atoms with Crippen molar-refractivity contribution < 1.29 is 9.18 Å². The Hall–Kier alpha value is -4.76. The number of carbonyl (C=O) groups is 1. The average Bonchev–Trinajstić information content (AvgIpc) is 2.85. The smallest absolute Gasteiger partial charge is 0.319 e. The molecule has 0 aliphatic carbocycles. The Kier molecular flexibility index (Phi) is 7.40. The number of benzene rings is 2. The van der Waals surface area contributed by atoms with Crippen molar-refractivity contribution in [1.29, 1.82) is 5.26 Å². The maximum Gasteiger partial charge on any atom is 0.319 e. The number of nitrogens with two attached hydrogens (primary N) is 1. The van der Waals surface area contributed by atoms with Crippen LogP contribution in [0.5, 0.6) is 0 Å². The molecule has 0 aliphatic rings. The van der Waals surface area contributed by atoms with Gasteiger partial charge in [0.2, 0.25) is 0 Å². The predicted molar refractivity (Wildman–Crippen MR) is 143 cm³/mol. The average molecular weight is 536 g/mol. The molecule has 4 aromatic rings. The number of carbonyl (C=O) groups excluding carboxylic acids is 1. The highest BCUT2D eigenvalue weighted by molar-refractivity contribution is 6.35. The summed E-state index contributed by atoms with van der Waals surface area (Å²) in [4.78, 5) is 38.6. The monoisotopic (exact) mass is 535 g/mol. The number of nitriles is 1. The molecule has 5 N–H and O–H groups in total. The summed E-state index contributed by atoms with van der Waals surface area (Å²) in [6, 6.07) is 9.16. The summed E-state index contributed by atoms with van der Waals surface area (Å²) in [5.74, 6) is -0.363. The largest absolute Gasteiger partial charge is 0.382 e. The number of hydrogen-bond donors (Lipinski definition) is 4. The lowest BCUT2D eigenvalue weighted by Crippen LogP contribution is -2.34. The summed E-state index contributed by atoms with van der Waals surface area (Å²) >= 11 is 6.35. The van der Waals surface area contributed by atoms with E-state index in [1.165, 1.54) is 23.0 Å². The highest BCUT2D eigenvalue weighted by atomic mass is 35.5. The maximum atomic E-state index is 14.6. The first-order valence-electron chi connectivity index (χ1n) is 11.5. The van der Waals surface area contributed by atoms with Crippen molar-refractivity contribution in [2.75, 3.05) is 16.4 Å². The van der Waals surface area contributed by atoms with Crippen LogP contribution in [-0.4, -0.2) is 31.6 Å². The van der Waals surface area contributed by atoms with E-state index < -0.39 is 23.4 Å². The second-order valence-electron chi connectivity index (χ2n) is 8.62. The Morgan fingerprint density at radius 3 is 2.68 bits per heavy atom. The van der Waals surface area contributed by atoms with E-state index in [1.54, 1.807) is 39.0 Å². The SMILES string of the molecule is CC(C)NC(=O)Nc1cc(-n2c(C(C)Nc3ncnc(N)c3C#N)nc3cccc(Cl)c3c2=O)ccc1F. The minimum atomic E-state index is -0.710. The molecule has 0 spiro atoms. The number of amides is 2.